The zero-order valence-corrected chi connectivity index (χ0v) is 23.2. The van der Waals surface area contributed by atoms with Crippen LogP contribution in [0, 0.1) is 6.92 Å². The molecule has 0 saturated heterocycles. The van der Waals surface area contributed by atoms with Gasteiger partial charge in [-0.25, -0.2) is 0 Å². The lowest BCUT2D eigenvalue weighted by atomic mass is 10.0. The molecular weight excluding hydrogens is 540 g/mol. The van der Waals surface area contributed by atoms with Crippen molar-refractivity contribution in [3.63, 3.8) is 0 Å². The number of nitrogens with one attached hydrogen (secondary N) is 1. The van der Waals surface area contributed by atoms with Crippen LogP contribution in [0.1, 0.15) is 37.0 Å². The maximum atomic E-state index is 13.6. The number of halogens is 2. The molecular formula is C29H32BrClN2O3. The van der Waals surface area contributed by atoms with E-state index in [9.17, 15) is 9.59 Å². The third-order valence-electron chi connectivity index (χ3n) is 6.06. The molecule has 0 unspecified atom stereocenters. The first kappa shape index (κ1) is 27.8. The maximum Gasteiger partial charge on any atom is 0.261 e. The second kappa shape index (κ2) is 13.5. The van der Waals surface area contributed by atoms with Crippen molar-refractivity contribution < 1.29 is 14.3 Å². The highest BCUT2D eigenvalue weighted by molar-refractivity contribution is 9.10. The van der Waals surface area contributed by atoms with E-state index in [0.29, 0.717) is 17.2 Å². The number of benzene rings is 3. The summed E-state index contributed by atoms with van der Waals surface area (Å²) >= 11 is 9.94. The van der Waals surface area contributed by atoms with Gasteiger partial charge in [-0.2, -0.15) is 0 Å². The minimum absolute atomic E-state index is 0.0185. The number of ether oxygens (including phenoxy) is 1. The van der Waals surface area contributed by atoms with Crippen LogP contribution in [0.15, 0.2) is 77.3 Å². The summed E-state index contributed by atoms with van der Waals surface area (Å²) in [5.74, 6) is 0.0919. The summed E-state index contributed by atoms with van der Waals surface area (Å²) in [6.07, 6.45) is 1.16. The molecule has 0 aromatic heterocycles. The molecule has 0 aliphatic rings. The summed E-state index contributed by atoms with van der Waals surface area (Å²) in [7, 11) is 0. The molecule has 2 atom stereocenters. The van der Waals surface area contributed by atoms with Crippen LogP contribution in [0.2, 0.25) is 5.02 Å². The minimum atomic E-state index is -0.736. The van der Waals surface area contributed by atoms with Gasteiger partial charge in [0, 0.05) is 28.5 Å². The van der Waals surface area contributed by atoms with Gasteiger partial charge in [0.25, 0.3) is 5.91 Å². The molecule has 7 heteroatoms. The molecule has 0 fully saturated rings. The molecule has 0 radical (unpaired) electrons. The van der Waals surface area contributed by atoms with Crippen LogP contribution in [-0.4, -0.2) is 35.4 Å². The monoisotopic (exact) mass is 570 g/mol. The molecule has 0 saturated carbocycles. The number of carbonyl (C=O) groups is 2. The van der Waals surface area contributed by atoms with Crippen LogP contribution >= 0.6 is 27.5 Å². The fraction of sp³-hybridized carbons (Fsp3) is 0.310. The third kappa shape index (κ3) is 7.84. The molecule has 3 aromatic carbocycles. The normalized spacial score (nSPS) is 12.5. The molecule has 0 heterocycles. The number of amides is 2. The molecule has 2 amide bonds. The quantitative estimate of drug-likeness (QED) is 0.292. The van der Waals surface area contributed by atoms with Gasteiger partial charge in [0.2, 0.25) is 5.91 Å². The average Bonchev–Trinajstić information content (AvgIpc) is 2.88. The Hall–Kier alpha value is -2.83. The van der Waals surface area contributed by atoms with Gasteiger partial charge in [0.1, 0.15) is 11.8 Å². The molecule has 190 valence electrons. The minimum Gasteiger partial charge on any atom is -0.484 e. The van der Waals surface area contributed by atoms with Gasteiger partial charge in [0.05, 0.1) is 0 Å². The summed E-state index contributed by atoms with van der Waals surface area (Å²) in [5.41, 5.74) is 2.73. The van der Waals surface area contributed by atoms with Crippen molar-refractivity contribution in [2.75, 3.05) is 6.61 Å². The van der Waals surface area contributed by atoms with Crippen molar-refractivity contribution in [3.05, 3.63) is 99.0 Å². The van der Waals surface area contributed by atoms with Crippen molar-refractivity contribution in [1.29, 1.82) is 0 Å². The Morgan fingerprint density at radius 2 is 1.75 bits per heavy atom. The van der Waals surface area contributed by atoms with Gasteiger partial charge >= 0.3 is 0 Å². The van der Waals surface area contributed by atoms with E-state index < -0.39 is 6.04 Å². The van der Waals surface area contributed by atoms with Crippen LogP contribution in [0.25, 0.3) is 0 Å². The fourth-order valence-corrected chi connectivity index (χ4v) is 4.18. The number of carbonyl (C=O) groups excluding carboxylic acids is 2. The summed E-state index contributed by atoms with van der Waals surface area (Å²) in [6.45, 7) is 5.91. The Morgan fingerprint density at radius 3 is 2.42 bits per heavy atom. The summed E-state index contributed by atoms with van der Waals surface area (Å²) in [4.78, 5) is 28.7. The topological polar surface area (TPSA) is 58.6 Å². The highest BCUT2D eigenvalue weighted by atomic mass is 79.9. The van der Waals surface area contributed by atoms with E-state index in [4.69, 9.17) is 16.3 Å². The Kier molecular flexibility index (Phi) is 10.4. The van der Waals surface area contributed by atoms with Gasteiger partial charge in [0.15, 0.2) is 6.61 Å². The summed E-state index contributed by atoms with van der Waals surface area (Å²) in [5, 5.41) is 3.60. The SMILES string of the molecule is CC[C@H](C)NC(=O)[C@H](Cc1ccccc1)N(Cc1ccccc1Cl)C(=O)COc1ccc(Br)c(C)c1. The van der Waals surface area contributed by atoms with E-state index >= 15 is 0 Å². The number of aryl methyl sites for hydroxylation is 1. The number of hydrogen-bond acceptors (Lipinski definition) is 3. The second-order valence-electron chi connectivity index (χ2n) is 8.84. The van der Waals surface area contributed by atoms with Gasteiger partial charge in [-0.15, -0.1) is 0 Å². The van der Waals surface area contributed by atoms with E-state index in [1.807, 2.05) is 81.4 Å². The highest BCUT2D eigenvalue weighted by Gasteiger charge is 2.31. The van der Waals surface area contributed by atoms with E-state index in [1.54, 1.807) is 17.0 Å². The molecule has 1 N–H and O–H groups in total. The van der Waals surface area contributed by atoms with Crippen LogP contribution in [0.4, 0.5) is 0 Å². The van der Waals surface area contributed by atoms with Crippen LogP contribution in [0.3, 0.4) is 0 Å². The van der Waals surface area contributed by atoms with Crippen molar-refractivity contribution in [2.24, 2.45) is 0 Å². The molecule has 0 spiro atoms. The molecule has 5 nitrogen and oxygen atoms in total. The molecule has 0 aliphatic heterocycles. The number of hydrogen-bond donors (Lipinski definition) is 1. The van der Waals surface area contributed by atoms with E-state index in [-0.39, 0.29) is 31.0 Å². The Balaban J connectivity index is 1.92. The lowest BCUT2D eigenvalue weighted by Crippen LogP contribution is -2.53. The first-order valence-electron chi connectivity index (χ1n) is 12.0. The Labute approximate surface area is 226 Å². The molecule has 0 bridgehead atoms. The molecule has 0 aliphatic carbocycles. The lowest BCUT2D eigenvalue weighted by molar-refractivity contribution is -0.143. The predicted molar refractivity (Wildman–Crippen MR) is 148 cm³/mol. The molecule has 3 aromatic rings. The Morgan fingerprint density at radius 1 is 1.06 bits per heavy atom. The highest BCUT2D eigenvalue weighted by Crippen LogP contribution is 2.23. The van der Waals surface area contributed by atoms with Crippen LogP contribution < -0.4 is 10.1 Å². The van der Waals surface area contributed by atoms with Crippen LogP contribution in [0.5, 0.6) is 5.75 Å². The van der Waals surface area contributed by atoms with Gasteiger partial charge in [-0.1, -0.05) is 83.0 Å². The van der Waals surface area contributed by atoms with Crippen molar-refractivity contribution in [3.8, 4) is 5.75 Å². The summed E-state index contributed by atoms with van der Waals surface area (Å²) in [6, 6.07) is 21.9. The van der Waals surface area contributed by atoms with Crippen molar-refractivity contribution in [2.45, 2.75) is 52.2 Å². The third-order valence-corrected chi connectivity index (χ3v) is 7.32. The zero-order chi connectivity index (χ0) is 26.1. The smallest absolute Gasteiger partial charge is 0.261 e. The van der Waals surface area contributed by atoms with Crippen LogP contribution in [-0.2, 0) is 22.6 Å². The van der Waals surface area contributed by atoms with E-state index in [1.165, 1.54) is 0 Å². The summed E-state index contributed by atoms with van der Waals surface area (Å²) < 4.78 is 6.82. The number of rotatable bonds is 11. The largest absolute Gasteiger partial charge is 0.484 e. The first-order valence-corrected chi connectivity index (χ1v) is 13.2. The van der Waals surface area contributed by atoms with Gasteiger partial charge < -0.3 is 15.0 Å². The lowest BCUT2D eigenvalue weighted by Gasteiger charge is -2.32. The number of nitrogens with zero attached hydrogens (tertiary/aromatic N) is 1. The van der Waals surface area contributed by atoms with E-state index in [0.717, 1.165) is 27.6 Å². The van der Waals surface area contributed by atoms with Gasteiger partial charge in [-0.3, -0.25) is 9.59 Å². The predicted octanol–water partition coefficient (Wildman–Crippen LogP) is 6.34. The average molecular weight is 572 g/mol. The first-order chi connectivity index (χ1) is 17.3. The van der Waals surface area contributed by atoms with Gasteiger partial charge in [-0.05, 0) is 61.2 Å². The zero-order valence-electron chi connectivity index (χ0n) is 20.8. The standard InChI is InChI=1S/C29H32BrClN2O3/c1-4-21(3)32-29(35)27(17-22-10-6-5-7-11-22)33(18-23-12-8-9-13-26(23)31)28(34)19-36-24-14-15-25(30)20(2)16-24/h5-16,21,27H,4,17-19H2,1-3H3,(H,32,35)/t21-,27-/m0/s1. The van der Waals surface area contributed by atoms with Crippen molar-refractivity contribution >= 4 is 39.3 Å². The Bertz CT molecular complexity index is 1170. The molecule has 36 heavy (non-hydrogen) atoms. The maximum absolute atomic E-state index is 13.6. The second-order valence-corrected chi connectivity index (χ2v) is 10.1. The van der Waals surface area contributed by atoms with Crippen molar-refractivity contribution in [1.82, 2.24) is 10.2 Å². The molecule has 3 rings (SSSR count). The van der Waals surface area contributed by atoms with E-state index in [2.05, 4.69) is 21.2 Å². The fourth-order valence-electron chi connectivity index (χ4n) is 3.74.